The normalized spacial score (nSPS) is 13.1. The van der Waals surface area contributed by atoms with Crippen molar-refractivity contribution in [3.8, 4) is 11.3 Å². The fourth-order valence-electron chi connectivity index (χ4n) is 3.88. The largest absolute Gasteiger partial charge is 0.477 e. The number of hydrogen-bond donors (Lipinski definition) is 2. The Morgan fingerprint density at radius 2 is 1.86 bits per heavy atom. The summed E-state index contributed by atoms with van der Waals surface area (Å²) in [6, 6.07) is 9.24. The molecule has 0 spiro atoms. The van der Waals surface area contributed by atoms with Gasteiger partial charge < -0.3 is 14.7 Å². The quantitative estimate of drug-likeness (QED) is 0.704. The molecule has 3 aromatic rings. The van der Waals surface area contributed by atoms with Crippen LogP contribution in [0.2, 0.25) is 0 Å². The van der Waals surface area contributed by atoms with Crippen LogP contribution in [-0.4, -0.2) is 29.0 Å². The van der Waals surface area contributed by atoms with Gasteiger partial charge in [0.25, 0.3) is 5.56 Å². The lowest BCUT2D eigenvalue weighted by Crippen LogP contribution is -2.21. The Bertz CT molecular complexity index is 1280. The molecule has 2 heterocycles. The molecule has 0 fully saturated rings. The zero-order valence-corrected chi connectivity index (χ0v) is 16.1. The Hall–Kier alpha value is -3.13. The Morgan fingerprint density at radius 3 is 2.50 bits per heavy atom. The molecular weight excluding hydrogens is 380 g/mol. The summed E-state index contributed by atoms with van der Waals surface area (Å²) >= 11 is 0. The maximum atomic E-state index is 12.9. The molecule has 4 rings (SSSR count). The average Bonchev–Trinajstić information content (AvgIpc) is 2.93. The fraction of sp³-hybridized carbons (Fsp3) is 0.200. The van der Waals surface area contributed by atoms with Crippen molar-refractivity contribution < 1.29 is 18.3 Å². The smallest absolute Gasteiger partial charge is 0.352 e. The lowest BCUT2D eigenvalue weighted by Gasteiger charge is -2.18. The second-order valence-electron chi connectivity index (χ2n) is 6.83. The number of rotatable bonds is 3. The minimum atomic E-state index is -3.95. The fourth-order valence-corrected chi connectivity index (χ4v) is 5.24. The predicted molar refractivity (Wildman–Crippen MR) is 102 cm³/mol. The van der Waals surface area contributed by atoms with Gasteiger partial charge in [0.05, 0.1) is 10.6 Å². The van der Waals surface area contributed by atoms with E-state index in [2.05, 4.69) is 4.98 Å². The van der Waals surface area contributed by atoms with Crippen molar-refractivity contribution in [2.24, 2.45) is 7.05 Å². The minimum absolute atomic E-state index is 0.0565. The first-order valence-corrected chi connectivity index (χ1v) is 10.2. The summed E-state index contributed by atoms with van der Waals surface area (Å²) in [5, 5.41) is 9.54. The molecule has 28 heavy (non-hydrogen) atoms. The van der Waals surface area contributed by atoms with Crippen LogP contribution in [0.25, 0.3) is 11.3 Å². The van der Waals surface area contributed by atoms with E-state index in [4.69, 9.17) is 0 Å². The summed E-state index contributed by atoms with van der Waals surface area (Å²) < 4.78 is 27.4. The van der Waals surface area contributed by atoms with Crippen molar-refractivity contribution >= 4 is 15.8 Å². The Morgan fingerprint density at radius 1 is 1.18 bits per heavy atom. The van der Waals surface area contributed by atoms with E-state index in [0.717, 1.165) is 0 Å². The van der Waals surface area contributed by atoms with E-state index < -0.39 is 21.4 Å². The molecule has 144 valence electrons. The molecule has 0 bridgehead atoms. The molecule has 0 unspecified atom stereocenters. The summed E-state index contributed by atoms with van der Waals surface area (Å²) in [5.41, 5.74) is 2.71. The van der Waals surface area contributed by atoms with Crippen LogP contribution in [0, 0.1) is 6.92 Å². The number of aromatic amines is 1. The second kappa shape index (κ2) is 6.20. The molecule has 2 N–H and O–H groups in total. The number of carboxylic acids is 1. The van der Waals surface area contributed by atoms with Crippen LogP contribution in [0.3, 0.4) is 0 Å². The van der Waals surface area contributed by atoms with Crippen LogP contribution < -0.4 is 5.56 Å². The van der Waals surface area contributed by atoms with E-state index in [-0.39, 0.29) is 15.5 Å². The highest BCUT2D eigenvalue weighted by Crippen LogP contribution is 2.38. The number of aromatic nitrogens is 2. The first kappa shape index (κ1) is 18.2. The van der Waals surface area contributed by atoms with Crippen LogP contribution in [0.15, 0.2) is 51.0 Å². The van der Waals surface area contributed by atoms with Crippen LogP contribution in [0.4, 0.5) is 0 Å². The number of fused-ring (bicyclic) bond motifs is 3. The summed E-state index contributed by atoms with van der Waals surface area (Å²) in [7, 11) is -2.28. The Labute approximate surface area is 161 Å². The molecule has 0 saturated heterocycles. The van der Waals surface area contributed by atoms with E-state index in [9.17, 15) is 23.1 Å². The number of nitrogens with zero attached hydrogens (tertiary/aromatic N) is 1. The third-order valence-corrected chi connectivity index (χ3v) is 7.09. The van der Waals surface area contributed by atoms with Crippen LogP contribution >= 0.6 is 0 Å². The number of hydrogen-bond acceptors (Lipinski definition) is 4. The molecule has 7 nitrogen and oxygen atoms in total. The van der Waals surface area contributed by atoms with Gasteiger partial charge in [-0.3, -0.25) is 4.79 Å². The molecule has 1 aliphatic carbocycles. The van der Waals surface area contributed by atoms with Gasteiger partial charge in [0.15, 0.2) is 0 Å². The molecule has 2 aromatic heterocycles. The second-order valence-corrected chi connectivity index (χ2v) is 8.75. The maximum absolute atomic E-state index is 12.9. The van der Waals surface area contributed by atoms with Crippen LogP contribution in [-0.2, 0) is 29.7 Å². The molecule has 0 aliphatic heterocycles. The molecular formula is C20H18N2O5S. The lowest BCUT2D eigenvalue weighted by molar-refractivity contribution is 0.0685. The monoisotopic (exact) mass is 398 g/mol. The van der Waals surface area contributed by atoms with Gasteiger partial charge in [-0.15, -0.1) is 0 Å². The number of carboxylic acid groups (broad SMARTS) is 1. The van der Waals surface area contributed by atoms with Crippen molar-refractivity contribution in [1.82, 2.24) is 9.55 Å². The van der Waals surface area contributed by atoms with Gasteiger partial charge in [-0.25, -0.2) is 13.2 Å². The van der Waals surface area contributed by atoms with Gasteiger partial charge in [-0.05, 0) is 49.1 Å². The molecule has 1 aliphatic rings. The molecule has 0 amide bonds. The van der Waals surface area contributed by atoms with E-state index in [1.165, 1.54) is 18.2 Å². The van der Waals surface area contributed by atoms with Crippen LogP contribution in [0.5, 0.6) is 0 Å². The summed E-state index contributed by atoms with van der Waals surface area (Å²) in [4.78, 5) is 26.8. The Balaban J connectivity index is 1.95. The number of carbonyl (C=O) groups is 1. The van der Waals surface area contributed by atoms with Crippen molar-refractivity contribution in [1.29, 1.82) is 0 Å². The number of sulfone groups is 1. The highest BCUT2D eigenvalue weighted by molar-refractivity contribution is 7.91. The topological polar surface area (TPSA) is 109 Å². The zero-order valence-electron chi connectivity index (χ0n) is 15.3. The third kappa shape index (κ3) is 2.52. The molecule has 8 heteroatoms. The zero-order chi connectivity index (χ0) is 20.2. The van der Waals surface area contributed by atoms with Gasteiger partial charge in [0.1, 0.15) is 10.6 Å². The first-order chi connectivity index (χ1) is 13.2. The van der Waals surface area contributed by atoms with E-state index in [1.54, 1.807) is 36.7 Å². The van der Waals surface area contributed by atoms with E-state index >= 15 is 0 Å². The summed E-state index contributed by atoms with van der Waals surface area (Å²) in [6.07, 6.45) is 0.905. The molecule has 0 saturated carbocycles. The number of nitrogens with one attached hydrogen (secondary N) is 1. The van der Waals surface area contributed by atoms with Gasteiger partial charge in [-0.1, -0.05) is 18.2 Å². The molecule has 0 radical (unpaired) electrons. The van der Waals surface area contributed by atoms with Crippen LogP contribution in [0.1, 0.15) is 27.3 Å². The standard InChI is InChI=1S/C20H18N2O5S/c1-11-16-14(18(20(24)25)22(11)2)9-8-12-10-15(19(23)21-17(12)16)28(26,27)13-6-4-3-5-7-13/h3-7,10H,8-9H2,1-2H3,(H,21,23)(H,24,25). The highest BCUT2D eigenvalue weighted by Gasteiger charge is 2.31. The van der Waals surface area contributed by atoms with Crippen molar-refractivity contribution in [2.45, 2.75) is 29.6 Å². The number of pyridine rings is 1. The molecule has 0 atom stereocenters. The van der Waals surface area contributed by atoms with Gasteiger partial charge in [-0.2, -0.15) is 0 Å². The maximum Gasteiger partial charge on any atom is 0.352 e. The third-order valence-electron chi connectivity index (χ3n) is 5.32. The lowest BCUT2D eigenvalue weighted by atomic mass is 9.89. The predicted octanol–water partition coefficient (Wildman–Crippen LogP) is 2.32. The van der Waals surface area contributed by atoms with Crippen molar-refractivity contribution in [3.05, 3.63) is 69.3 Å². The number of benzene rings is 1. The first-order valence-electron chi connectivity index (χ1n) is 8.71. The van der Waals surface area contributed by atoms with Gasteiger partial charge >= 0.3 is 5.97 Å². The summed E-state index contributed by atoms with van der Waals surface area (Å²) in [6.45, 7) is 1.79. The highest BCUT2D eigenvalue weighted by atomic mass is 32.2. The van der Waals surface area contributed by atoms with Crippen molar-refractivity contribution in [3.63, 3.8) is 0 Å². The SMILES string of the molecule is Cc1c2c(c(C(=O)O)n1C)CCc1cc(S(=O)(=O)c3ccccc3)c(=O)[nH]c1-2. The molecule has 1 aromatic carbocycles. The van der Waals surface area contributed by atoms with E-state index in [0.29, 0.717) is 40.9 Å². The van der Waals surface area contributed by atoms with Gasteiger partial charge in [0, 0.05) is 18.3 Å². The van der Waals surface area contributed by atoms with E-state index in [1.807, 2.05) is 0 Å². The van der Waals surface area contributed by atoms with Crippen molar-refractivity contribution in [2.75, 3.05) is 0 Å². The summed E-state index contributed by atoms with van der Waals surface area (Å²) in [5.74, 6) is -1.03. The number of aryl methyl sites for hydroxylation is 1. The average molecular weight is 398 g/mol. The number of aromatic carboxylic acids is 1. The number of H-pyrrole nitrogens is 1. The minimum Gasteiger partial charge on any atom is -0.477 e. The van der Waals surface area contributed by atoms with Gasteiger partial charge in [0.2, 0.25) is 9.84 Å². The Kier molecular flexibility index (Phi) is 4.04.